The van der Waals surface area contributed by atoms with Crippen LogP contribution >= 0.6 is 23.2 Å². The number of amides is 2. The minimum absolute atomic E-state index is 0.0230. The molecule has 0 saturated carbocycles. The molecule has 0 radical (unpaired) electrons. The summed E-state index contributed by atoms with van der Waals surface area (Å²) >= 11 is 12.3. The van der Waals surface area contributed by atoms with E-state index in [0.717, 1.165) is 47.7 Å². The lowest BCUT2D eigenvalue weighted by Crippen LogP contribution is -2.42. The zero-order valence-electron chi connectivity index (χ0n) is 22.1. The van der Waals surface area contributed by atoms with E-state index < -0.39 is 0 Å². The van der Waals surface area contributed by atoms with Gasteiger partial charge in [0.05, 0.1) is 22.6 Å². The molecule has 6 nitrogen and oxygen atoms in total. The van der Waals surface area contributed by atoms with Gasteiger partial charge in [0.2, 0.25) is 11.8 Å². The summed E-state index contributed by atoms with van der Waals surface area (Å²) in [6, 6.07) is 21.5. The number of likely N-dealkylation sites (N-methyl/N-ethyl adjacent to an activating group) is 2. The van der Waals surface area contributed by atoms with Crippen LogP contribution < -0.4 is 10.2 Å². The molecule has 200 valence electrons. The van der Waals surface area contributed by atoms with Crippen LogP contribution in [0.4, 0.5) is 11.4 Å². The molecule has 38 heavy (non-hydrogen) atoms. The Morgan fingerprint density at radius 3 is 2.29 bits per heavy atom. The monoisotopic (exact) mass is 552 g/mol. The van der Waals surface area contributed by atoms with Crippen molar-refractivity contribution in [2.24, 2.45) is 0 Å². The van der Waals surface area contributed by atoms with Gasteiger partial charge in [0.25, 0.3) is 0 Å². The molecule has 0 aliphatic carbocycles. The number of nitrogens with zero attached hydrogens (tertiary/aromatic N) is 3. The summed E-state index contributed by atoms with van der Waals surface area (Å²) in [7, 11) is 3.77. The molecule has 0 spiro atoms. The van der Waals surface area contributed by atoms with Gasteiger partial charge in [0, 0.05) is 38.9 Å². The largest absolute Gasteiger partial charge is 0.365 e. The van der Waals surface area contributed by atoms with Gasteiger partial charge >= 0.3 is 0 Å². The molecule has 3 aromatic rings. The van der Waals surface area contributed by atoms with Gasteiger partial charge in [-0.15, -0.1) is 0 Å². The highest BCUT2D eigenvalue weighted by Crippen LogP contribution is 2.29. The number of carbonyl (C=O) groups excluding carboxylic acids is 2. The van der Waals surface area contributed by atoms with Gasteiger partial charge < -0.3 is 20.0 Å². The van der Waals surface area contributed by atoms with Crippen molar-refractivity contribution in [3.05, 3.63) is 82.3 Å². The molecule has 1 fully saturated rings. The average molecular weight is 554 g/mol. The summed E-state index contributed by atoms with van der Waals surface area (Å²) in [5, 5.41) is 3.79. The maximum atomic E-state index is 13.5. The number of hydrogen-bond donors (Lipinski definition) is 1. The third-order valence-electron chi connectivity index (χ3n) is 7.02. The Morgan fingerprint density at radius 1 is 0.921 bits per heavy atom. The fourth-order valence-corrected chi connectivity index (χ4v) is 5.13. The molecule has 1 aliphatic heterocycles. The van der Waals surface area contributed by atoms with Crippen molar-refractivity contribution in [3.8, 4) is 11.1 Å². The van der Waals surface area contributed by atoms with Crippen LogP contribution in [0, 0.1) is 0 Å². The summed E-state index contributed by atoms with van der Waals surface area (Å²) < 4.78 is 0. The van der Waals surface area contributed by atoms with E-state index in [9.17, 15) is 9.59 Å². The summed E-state index contributed by atoms with van der Waals surface area (Å²) in [6.07, 6.45) is 2.38. The van der Waals surface area contributed by atoms with Crippen LogP contribution in [0.3, 0.4) is 0 Å². The molecular weight excluding hydrogens is 519 g/mol. The average Bonchev–Trinajstić information content (AvgIpc) is 3.42. The van der Waals surface area contributed by atoms with E-state index in [1.807, 2.05) is 54.2 Å². The van der Waals surface area contributed by atoms with Gasteiger partial charge in [-0.25, -0.2) is 0 Å². The Kier molecular flexibility index (Phi) is 9.31. The summed E-state index contributed by atoms with van der Waals surface area (Å²) in [6.45, 7) is 4.61. The normalized spacial score (nSPS) is 14.2. The quantitative estimate of drug-likeness (QED) is 0.336. The van der Waals surface area contributed by atoms with Gasteiger partial charge in [-0.2, -0.15) is 0 Å². The van der Waals surface area contributed by atoms with E-state index >= 15 is 0 Å². The number of rotatable bonds is 9. The molecule has 1 aliphatic rings. The van der Waals surface area contributed by atoms with Crippen LogP contribution in [0.1, 0.15) is 31.4 Å². The fourth-order valence-electron chi connectivity index (χ4n) is 4.84. The summed E-state index contributed by atoms with van der Waals surface area (Å²) in [4.78, 5) is 31.1. The first-order valence-electron chi connectivity index (χ1n) is 12.8. The smallest absolute Gasteiger partial charge is 0.242 e. The van der Waals surface area contributed by atoms with Crippen molar-refractivity contribution in [2.45, 2.75) is 25.8 Å². The van der Waals surface area contributed by atoms with Crippen LogP contribution in [0.25, 0.3) is 11.1 Å². The van der Waals surface area contributed by atoms with Crippen molar-refractivity contribution in [3.63, 3.8) is 0 Å². The van der Waals surface area contributed by atoms with Crippen LogP contribution in [-0.2, 0) is 9.59 Å². The van der Waals surface area contributed by atoms with E-state index in [0.29, 0.717) is 10.0 Å². The predicted molar refractivity (Wildman–Crippen MR) is 157 cm³/mol. The highest BCUT2D eigenvalue weighted by molar-refractivity contribution is 6.42. The van der Waals surface area contributed by atoms with Crippen molar-refractivity contribution >= 4 is 46.4 Å². The van der Waals surface area contributed by atoms with Crippen molar-refractivity contribution in [2.75, 3.05) is 50.5 Å². The topological polar surface area (TPSA) is 55.9 Å². The van der Waals surface area contributed by atoms with Crippen LogP contribution in [0.2, 0.25) is 10.0 Å². The zero-order chi connectivity index (χ0) is 27.2. The fraction of sp³-hybridized carbons (Fsp3) is 0.333. The molecule has 1 atom stereocenters. The highest BCUT2D eigenvalue weighted by atomic mass is 35.5. The minimum Gasteiger partial charge on any atom is -0.365 e. The number of halogens is 2. The van der Waals surface area contributed by atoms with Crippen LogP contribution in [-0.4, -0.2) is 61.9 Å². The molecule has 2 amide bonds. The molecule has 0 aromatic heterocycles. The first kappa shape index (κ1) is 28.0. The molecule has 1 heterocycles. The number of carbonyl (C=O) groups is 2. The number of hydrogen-bond acceptors (Lipinski definition) is 4. The molecule has 0 bridgehead atoms. The Balaban J connectivity index is 1.53. The first-order chi connectivity index (χ1) is 18.2. The molecule has 4 rings (SSSR count). The predicted octanol–water partition coefficient (Wildman–Crippen LogP) is 6.35. The molecule has 1 saturated heterocycles. The van der Waals surface area contributed by atoms with Gasteiger partial charge in [-0.3, -0.25) is 9.59 Å². The Morgan fingerprint density at radius 2 is 1.63 bits per heavy atom. The number of nitrogens with one attached hydrogen (secondary N) is 1. The minimum atomic E-state index is -0.0974. The van der Waals surface area contributed by atoms with E-state index in [-0.39, 0.29) is 24.4 Å². The summed E-state index contributed by atoms with van der Waals surface area (Å²) in [5.41, 5.74) is 4.76. The van der Waals surface area contributed by atoms with Gasteiger partial charge in [-0.1, -0.05) is 59.6 Å². The second-order valence-electron chi connectivity index (χ2n) is 9.87. The summed E-state index contributed by atoms with van der Waals surface area (Å²) in [5.74, 6) is -0.0744. The molecule has 1 N–H and O–H groups in total. The number of benzene rings is 3. The molecule has 8 heteroatoms. The Hall–Kier alpha value is -3.06. The third kappa shape index (κ3) is 7.07. The Bertz CT molecular complexity index is 1280. The van der Waals surface area contributed by atoms with E-state index in [1.54, 1.807) is 12.1 Å². The van der Waals surface area contributed by atoms with E-state index in [2.05, 4.69) is 34.5 Å². The highest BCUT2D eigenvalue weighted by Gasteiger charge is 2.26. The van der Waals surface area contributed by atoms with Crippen molar-refractivity contribution in [1.82, 2.24) is 9.80 Å². The standard InChI is InChI=1S/C30H34Cl2N4O2/c1-21(37)33-25-8-6-7-24(17-25)22-9-11-23(12-10-22)29(19-36-15-4-5-16-36)35(3)30(38)20-34(2)26-13-14-27(31)28(32)18-26/h6-14,17-18,29H,4-5,15-16,19-20H2,1-3H3,(H,33,37). The molecular formula is C30H34Cl2N4O2. The number of anilines is 2. The van der Waals surface area contributed by atoms with Gasteiger partial charge in [-0.05, 0) is 73.0 Å². The SMILES string of the molecule is CC(=O)Nc1cccc(-c2ccc(C(CN3CCCC3)N(C)C(=O)CN(C)c3ccc(Cl)c(Cl)c3)cc2)c1. The maximum Gasteiger partial charge on any atom is 0.242 e. The van der Waals surface area contributed by atoms with Gasteiger partial charge in [0.1, 0.15) is 0 Å². The second kappa shape index (κ2) is 12.7. The first-order valence-corrected chi connectivity index (χ1v) is 13.6. The lowest BCUT2D eigenvalue weighted by atomic mass is 9.99. The van der Waals surface area contributed by atoms with Crippen LogP contribution in [0.5, 0.6) is 0 Å². The Labute approximate surface area is 235 Å². The van der Waals surface area contributed by atoms with Crippen molar-refractivity contribution < 1.29 is 9.59 Å². The lowest BCUT2D eigenvalue weighted by molar-refractivity contribution is -0.131. The van der Waals surface area contributed by atoms with Crippen LogP contribution in [0.15, 0.2) is 66.7 Å². The third-order valence-corrected chi connectivity index (χ3v) is 7.76. The number of likely N-dealkylation sites (tertiary alicyclic amines) is 1. The maximum absolute atomic E-state index is 13.5. The lowest BCUT2D eigenvalue weighted by Gasteiger charge is -2.33. The zero-order valence-corrected chi connectivity index (χ0v) is 23.6. The van der Waals surface area contributed by atoms with Crippen molar-refractivity contribution in [1.29, 1.82) is 0 Å². The molecule has 3 aromatic carbocycles. The van der Waals surface area contributed by atoms with E-state index in [1.165, 1.54) is 19.8 Å². The van der Waals surface area contributed by atoms with Gasteiger partial charge in [0.15, 0.2) is 0 Å². The second-order valence-corrected chi connectivity index (χ2v) is 10.7. The molecule has 1 unspecified atom stereocenters. The van der Waals surface area contributed by atoms with E-state index in [4.69, 9.17) is 23.2 Å².